The van der Waals surface area contributed by atoms with E-state index in [9.17, 15) is 8.42 Å². The highest BCUT2D eigenvalue weighted by Gasteiger charge is 2.22. The van der Waals surface area contributed by atoms with Crippen molar-refractivity contribution in [1.82, 2.24) is 4.31 Å². The van der Waals surface area contributed by atoms with Crippen LogP contribution < -0.4 is 5.32 Å². The number of sulfonamides is 1. The maximum atomic E-state index is 12.3. The summed E-state index contributed by atoms with van der Waals surface area (Å²) in [7, 11) is -0.321. The minimum Gasteiger partial charge on any atom is -0.381 e. The van der Waals surface area contributed by atoms with E-state index in [0.29, 0.717) is 16.5 Å². The van der Waals surface area contributed by atoms with E-state index < -0.39 is 10.0 Å². The number of nitrogens with zero attached hydrogens (tertiary/aromatic N) is 1. The van der Waals surface area contributed by atoms with Gasteiger partial charge in [0.25, 0.3) is 0 Å². The monoisotopic (exact) mass is 284 g/mol. The Balaban J connectivity index is 3.17. The lowest BCUT2D eigenvalue weighted by Gasteiger charge is -2.24. The van der Waals surface area contributed by atoms with Crippen molar-refractivity contribution in [1.29, 1.82) is 0 Å². The van der Waals surface area contributed by atoms with Crippen molar-refractivity contribution in [3.05, 3.63) is 24.3 Å². The zero-order valence-electron chi connectivity index (χ0n) is 12.3. The molecule has 1 aromatic rings. The number of benzene rings is 1. The van der Waals surface area contributed by atoms with Crippen LogP contribution in [0.5, 0.6) is 0 Å². The molecular weight excluding hydrogens is 260 g/mol. The average molecular weight is 284 g/mol. The second kappa shape index (κ2) is 6.39. The molecule has 0 heterocycles. The zero-order valence-corrected chi connectivity index (χ0v) is 13.2. The highest BCUT2D eigenvalue weighted by atomic mass is 32.2. The molecule has 1 N–H and O–H groups in total. The second-order valence-electron chi connectivity index (χ2n) is 5.19. The van der Waals surface area contributed by atoms with Gasteiger partial charge in [0.15, 0.2) is 0 Å². The van der Waals surface area contributed by atoms with Crippen LogP contribution in [0.1, 0.15) is 27.2 Å². The summed E-state index contributed by atoms with van der Waals surface area (Å²) in [5.41, 5.74) is 0.678. The molecule has 1 rings (SSSR count). The van der Waals surface area contributed by atoms with Gasteiger partial charge in [0.2, 0.25) is 10.0 Å². The average Bonchev–Trinajstić information content (AvgIpc) is 2.35. The van der Waals surface area contributed by atoms with Crippen LogP contribution in [0.3, 0.4) is 0 Å². The number of rotatable bonds is 6. The molecule has 0 fully saturated rings. The Kier molecular flexibility index (Phi) is 5.38. The zero-order chi connectivity index (χ0) is 14.6. The molecule has 0 saturated heterocycles. The Bertz CT molecular complexity index is 510. The van der Waals surface area contributed by atoms with E-state index in [-0.39, 0.29) is 6.04 Å². The maximum Gasteiger partial charge on any atom is 0.244 e. The molecule has 5 heteroatoms. The van der Waals surface area contributed by atoms with Crippen LogP contribution in [0.25, 0.3) is 0 Å². The fourth-order valence-electron chi connectivity index (χ4n) is 1.95. The van der Waals surface area contributed by atoms with Crippen LogP contribution in [-0.2, 0) is 10.0 Å². The van der Waals surface area contributed by atoms with Crippen molar-refractivity contribution in [3.63, 3.8) is 0 Å². The smallest absolute Gasteiger partial charge is 0.244 e. The molecule has 0 radical (unpaired) electrons. The van der Waals surface area contributed by atoms with E-state index in [1.165, 1.54) is 4.31 Å². The van der Waals surface area contributed by atoms with E-state index >= 15 is 0 Å². The predicted octanol–water partition coefficient (Wildman–Crippen LogP) is 2.78. The van der Waals surface area contributed by atoms with Crippen LogP contribution in [0.2, 0.25) is 0 Å². The third-order valence-electron chi connectivity index (χ3n) is 3.23. The minimum absolute atomic E-state index is 0.263. The van der Waals surface area contributed by atoms with Gasteiger partial charge in [-0.25, -0.2) is 12.7 Å². The van der Waals surface area contributed by atoms with E-state index in [1.54, 1.807) is 26.2 Å². The Hall–Kier alpha value is -1.07. The fraction of sp³-hybridized carbons (Fsp3) is 0.571. The van der Waals surface area contributed by atoms with Crippen LogP contribution >= 0.6 is 0 Å². The van der Waals surface area contributed by atoms with Crippen molar-refractivity contribution in [3.8, 4) is 0 Å². The van der Waals surface area contributed by atoms with Crippen molar-refractivity contribution in [2.75, 3.05) is 19.4 Å². The maximum absolute atomic E-state index is 12.3. The summed E-state index contributed by atoms with van der Waals surface area (Å²) in [6, 6.07) is 7.33. The van der Waals surface area contributed by atoms with Gasteiger partial charge in [0.05, 0.1) is 5.69 Å². The highest BCUT2D eigenvalue weighted by Crippen LogP contribution is 2.25. The standard InChI is InChI=1S/C14H24N2O2S/c1-6-12(11(2)3)15-13-9-7-8-10-14(13)19(17,18)16(4)5/h7-12,15H,6H2,1-5H3. The van der Waals surface area contributed by atoms with Crippen LogP contribution in [0.15, 0.2) is 29.2 Å². The summed E-state index contributed by atoms with van der Waals surface area (Å²) < 4.78 is 25.8. The minimum atomic E-state index is -3.42. The Morgan fingerprint density at radius 1 is 1.21 bits per heavy atom. The first-order valence-electron chi connectivity index (χ1n) is 6.58. The van der Waals surface area contributed by atoms with Crippen LogP contribution in [0, 0.1) is 5.92 Å². The topological polar surface area (TPSA) is 49.4 Å². The largest absolute Gasteiger partial charge is 0.381 e. The second-order valence-corrected chi connectivity index (χ2v) is 7.31. The van der Waals surface area contributed by atoms with Gasteiger partial charge in [-0.05, 0) is 24.5 Å². The summed E-state index contributed by atoms with van der Waals surface area (Å²) in [5.74, 6) is 0.445. The summed E-state index contributed by atoms with van der Waals surface area (Å²) in [4.78, 5) is 0.333. The third-order valence-corrected chi connectivity index (χ3v) is 5.10. The van der Waals surface area contributed by atoms with Crippen LogP contribution in [0.4, 0.5) is 5.69 Å². The number of hydrogen-bond donors (Lipinski definition) is 1. The first-order valence-corrected chi connectivity index (χ1v) is 8.02. The lowest BCUT2D eigenvalue weighted by molar-refractivity contribution is 0.507. The summed E-state index contributed by atoms with van der Waals surface area (Å²) in [6.07, 6.45) is 0.952. The van der Waals surface area contributed by atoms with E-state index in [0.717, 1.165) is 6.42 Å². The predicted molar refractivity (Wildman–Crippen MR) is 79.9 cm³/mol. The van der Waals surface area contributed by atoms with Gasteiger partial charge in [-0.2, -0.15) is 0 Å². The molecule has 0 spiro atoms. The fourth-order valence-corrected chi connectivity index (χ4v) is 3.00. The molecule has 4 nitrogen and oxygen atoms in total. The molecule has 1 unspecified atom stereocenters. The van der Waals surface area contributed by atoms with Crippen molar-refractivity contribution >= 4 is 15.7 Å². The summed E-state index contributed by atoms with van der Waals surface area (Å²) in [6.45, 7) is 6.36. The molecule has 0 aromatic heterocycles. The van der Waals surface area contributed by atoms with Gasteiger partial charge in [0, 0.05) is 20.1 Å². The molecule has 0 aliphatic carbocycles. The van der Waals surface area contributed by atoms with Gasteiger partial charge in [-0.1, -0.05) is 32.9 Å². The van der Waals surface area contributed by atoms with Gasteiger partial charge in [-0.3, -0.25) is 0 Å². The molecule has 0 aliphatic rings. The SMILES string of the molecule is CCC(Nc1ccccc1S(=O)(=O)N(C)C)C(C)C. The molecule has 0 saturated carbocycles. The lowest BCUT2D eigenvalue weighted by atomic mass is 10.0. The summed E-state index contributed by atoms with van der Waals surface area (Å²) >= 11 is 0. The van der Waals surface area contributed by atoms with E-state index in [4.69, 9.17) is 0 Å². The Morgan fingerprint density at radius 3 is 2.26 bits per heavy atom. The lowest BCUT2D eigenvalue weighted by Crippen LogP contribution is -2.28. The molecule has 108 valence electrons. The van der Waals surface area contributed by atoms with Gasteiger partial charge in [0.1, 0.15) is 4.90 Å². The van der Waals surface area contributed by atoms with Crippen molar-refractivity contribution in [2.24, 2.45) is 5.92 Å². The Labute approximate surface area is 116 Å². The number of nitrogens with one attached hydrogen (secondary N) is 1. The van der Waals surface area contributed by atoms with E-state index in [2.05, 4.69) is 26.1 Å². The first kappa shape index (κ1) is 16.0. The third kappa shape index (κ3) is 3.70. The molecule has 1 atom stereocenters. The molecule has 0 bridgehead atoms. The quantitative estimate of drug-likeness (QED) is 0.874. The molecular formula is C14H24N2O2S. The summed E-state index contributed by atoms with van der Waals surface area (Å²) in [5, 5.41) is 3.35. The number of anilines is 1. The van der Waals surface area contributed by atoms with Crippen LogP contribution in [-0.4, -0.2) is 32.9 Å². The highest BCUT2D eigenvalue weighted by molar-refractivity contribution is 7.89. The van der Waals surface area contributed by atoms with Crippen molar-refractivity contribution in [2.45, 2.75) is 38.1 Å². The number of para-hydroxylation sites is 1. The van der Waals surface area contributed by atoms with Gasteiger partial charge in [-0.15, -0.1) is 0 Å². The molecule has 19 heavy (non-hydrogen) atoms. The molecule has 1 aromatic carbocycles. The van der Waals surface area contributed by atoms with Gasteiger partial charge >= 0.3 is 0 Å². The molecule has 0 aliphatic heterocycles. The van der Waals surface area contributed by atoms with Crippen molar-refractivity contribution < 1.29 is 8.42 Å². The van der Waals surface area contributed by atoms with Gasteiger partial charge < -0.3 is 5.32 Å². The molecule has 0 amide bonds. The number of hydrogen-bond acceptors (Lipinski definition) is 3. The normalized spacial score (nSPS) is 13.8. The first-order chi connectivity index (χ1) is 8.80. The Morgan fingerprint density at radius 2 is 1.79 bits per heavy atom. The van der Waals surface area contributed by atoms with E-state index in [1.807, 2.05) is 12.1 Å².